The highest BCUT2D eigenvalue weighted by Crippen LogP contribution is 1.94. The first-order valence-electron chi connectivity index (χ1n) is 4.12. The fraction of sp³-hybridized carbons (Fsp3) is 0.333. The average molecular weight is 212 g/mol. The molecule has 0 fully saturated rings. The van der Waals surface area contributed by atoms with Crippen molar-refractivity contribution in [2.45, 2.75) is 13.3 Å². The molecule has 0 bridgehead atoms. The van der Waals surface area contributed by atoms with Gasteiger partial charge in [-0.2, -0.15) is 9.98 Å². The number of amides is 2. The lowest BCUT2D eigenvalue weighted by Gasteiger charge is -1.85. The largest absolute Gasteiger partial charge is 0.478 e. The molecule has 0 atom stereocenters. The zero-order valence-electron chi connectivity index (χ0n) is 8.30. The van der Waals surface area contributed by atoms with Crippen molar-refractivity contribution in [1.29, 1.82) is 0 Å². The van der Waals surface area contributed by atoms with Crippen LogP contribution in [0.25, 0.3) is 0 Å². The molecule has 0 saturated carbocycles. The summed E-state index contributed by atoms with van der Waals surface area (Å²) >= 11 is 0. The maximum absolute atomic E-state index is 10.3. The standard InChI is InChI=1S/C5H6N2O2.C4H6O2/c8-2-1-4-3-6-5(9)7-4;1-3(2)4(5)6/h3,8H,1-2H2;1H2,2H3,(H,5,6). The summed E-state index contributed by atoms with van der Waals surface area (Å²) in [5, 5.41) is 16.3. The molecule has 1 rings (SSSR count). The molecule has 1 heterocycles. The van der Waals surface area contributed by atoms with Crippen molar-refractivity contribution in [3.63, 3.8) is 0 Å². The summed E-state index contributed by atoms with van der Waals surface area (Å²) in [5.41, 5.74) is 0.734. The third-order valence-electron chi connectivity index (χ3n) is 1.30. The monoisotopic (exact) mass is 212 g/mol. The lowest BCUT2D eigenvalue weighted by molar-refractivity contribution is -0.132. The number of urea groups is 1. The molecule has 0 aromatic heterocycles. The number of aliphatic carboxylic acids is 1. The number of carbonyl (C=O) groups is 2. The van der Waals surface area contributed by atoms with E-state index in [9.17, 15) is 9.59 Å². The van der Waals surface area contributed by atoms with Gasteiger partial charge in [0.05, 0.1) is 11.9 Å². The Bertz CT molecular complexity index is 319. The zero-order chi connectivity index (χ0) is 11.8. The maximum Gasteiger partial charge on any atom is 0.367 e. The van der Waals surface area contributed by atoms with Crippen LogP contribution in [0.15, 0.2) is 22.1 Å². The zero-order valence-corrected chi connectivity index (χ0v) is 8.30. The molecule has 6 nitrogen and oxygen atoms in total. The van der Waals surface area contributed by atoms with Crippen LogP contribution in [-0.4, -0.2) is 40.7 Å². The van der Waals surface area contributed by atoms with Gasteiger partial charge < -0.3 is 10.2 Å². The molecule has 0 saturated heterocycles. The van der Waals surface area contributed by atoms with E-state index < -0.39 is 12.0 Å². The summed E-state index contributed by atoms with van der Waals surface area (Å²) in [5.74, 6) is -0.935. The van der Waals surface area contributed by atoms with E-state index in [0.29, 0.717) is 12.1 Å². The predicted octanol–water partition coefficient (Wildman–Crippen LogP) is 0.661. The molecule has 2 amide bonds. The van der Waals surface area contributed by atoms with Crippen molar-refractivity contribution in [2.75, 3.05) is 6.61 Å². The van der Waals surface area contributed by atoms with Crippen LogP contribution < -0.4 is 0 Å². The second-order valence-electron chi connectivity index (χ2n) is 2.70. The first-order valence-corrected chi connectivity index (χ1v) is 4.12. The summed E-state index contributed by atoms with van der Waals surface area (Å²) in [6.45, 7) is 4.61. The van der Waals surface area contributed by atoms with Gasteiger partial charge in [0.1, 0.15) is 0 Å². The summed E-state index contributed by atoms with van der Waals surface area (Å²) in [6.07, 6.45) is 1.79. The number of nitrogens with zero attached hydrogens (tertiary/aromatic N) is 2. The molecule has 0 unspecified atom stereocenters. The van der Waals surface area contributed by atoms with Crippen molar-refractivity contribution < 1.29 is 19.8 Å². The van der Waals surface area contributed by atoms with E-state index in [1.165, 1.54) is 13.1 Å². The van der Waals surface area contributed by atoms with Crippen molar-refractivity contribution in [2.24, 2.45) is 9.98 Å². The van der Waals surface area contributed by atoms with Crippen molar-refractivity contribution in [3.8, 4) is 0 Å². The molecule has 1 aliphatic heterocycles. The molecular weight excluding hydrogens is 200 g/mol. The minimum absolute atomic E-state index is 0.0120. The van der Waals surface area contributed by atoms with Crippen molar-refractivity contribution >= 4 is 23.9 Å². The molecule has 1 aliphatic rings. The van der Waals surface area contributed by atoms with E-state index in [2.05, 4.69) is 16.6 Å². The highest BCUT2D eigenvalue weighted by atomic mass is 16.4. The van der Waals surface area contributed by atoms with Gasteiger partial charge in [0, 0.05) is 18.6 Å². The topological polar surface area (TPSA) is 99.3 Å². The Hall–Kier alpha value is -1.82. The van der Waals surface area contributed by atoms with Gasteiger partial charge >= 0.3 is 12.0 Å². The Morgan fingerprint density at radius 2 is 2.13 bits per heavy atom. The summed E-state index contributed by atoms with van der Waals surface area (Å²) < 4.78 is 0. The normalized spacial score (nSPS) is 12.9. The molecule has 6 heteroatoms. The number of aliphatic imine (C=N–C) groups is 2. The van der Waals surface area contributed by atoms with E-state index in [0.717, 1.165) is 0 Å². The van der Waals surface area contributed by atoms with Crippen molar-refractivity contribution in [1.82, 2.24) is 0 Å². The minimum Gasteiger partial charge on any atom is -0.478 e. The van der Waals surface area contributed by atoms with Crippen LogP contribution >= 0.6 is 0 Å². The van der Waals surface area contributed by atoms with Crippen LogP contribution in [0.3, 0.4) is 0 Å². The minimum atomic E-state index is -0.935. The van der Waals surface area contributed by atoms with Gasteiger partial charge in [-0.25, -0.2) is 9.59 Å². The molecule has 82 valence electrons. The van der Waals surface area contributed by atoms with E-state index in [4.69, 9.17) is 10.2 Å². The van der Waals surface area contributed by atoms with Crippen LogP contribution in [0.4, 0.5) is 4.79 Å². The number of hydrogen-bond donors (Lipinski definition) is 2. The Balaban J connectivity index is 0.000000288. The lowest BCUT2D eigenvalue weighted by Crippen LogP contribution is -1.98. The van der Waals surface area contributed by atoms with Crippen LogP contribution in [0.2, 0.25) is 0 Å². The van der Waals surface area contributed by atoms with Crippen LogP contribution in [0.1, 0.15) is 13.3 Å². The van der Waals surface area contributed by atoms with E-state index >= 15 is 0 Å². The Morgan fingerprint density at radius 3 is 2.40 bits per heavy atom. The fourth-order valence-corrected chi connectivity index (χ4v) is 0.545. The average Bonchev–Trinajstić information content (AvgIpc) is 2.53. The number of rotatable bonds is 3. The number of aliphatic hydroxyl groups is 1. The SMILES string of the molecule is C=C(C)C(=O)O.O=C1N=CC(CCO)=N1. The first-order chi connectivity index (χ1) is 6.97. The van der Waals surface area contributed by atoms with Gasteiger partial charge in [-0.1, -0.05) is 6.58 Å². The first kappa shape index (κ1) is 13.2. The Labute approximate surface area is 86.7 Å². The molecule has 0 aromatic rings. The van der Waals surface area contributed by atoms with E-state index in [1.54, 1.807) is 0 Å². The third-order valence-corrected chi connectivity index (χ3v) is 1.30. The van der Waals surface area contributed by atoms with E-state index in [-0.39, 0.29) is 12.2 Å². The molecule has 2 N–H and O–H groups in total. The van der Waals surface area contributed by atoms with Crippen LogP contribution in [0, 0.1) is 0 Å². The van der Waals surface area contributed by atoms with Gasteiger partial charge in [-0.05, 0) is 6.92 Å². The summed E-state index contributed by atoms with van der Waals surface area (Å²) in [6, 6.07) is -0.474. The second kappa shape index (κ2) is 6.61. The Kier molecular flexibility index (Phi) is 5.81. The Morgan fingerprint density at radius 1 is 1.60 bits per heavy atom. The highest BCUT2D eigenvalue weighted by Gasteiger charge is 2.05. The molecule has 0 spiro atoms. The van der Waals surface area contributed by atoms with E-state index in [1.807, 2.05) is 0 Å². The predicted molar refractivity (Wildman–Crippen MR) is 55.5 cm³/mol. The second-order valence-corrected chi connectivity index (χ2v) is 2.70. The third kappa shape index (κ3) is 6.28. The highest BCUT2D eigenvalue weighted by molar-refractivity contribution is 6.37. The van der Waals surface area contributed by atoms with Gasteiger partial charge in [0.15, 0.2) is 0 Å². The van der Waals surface area contributed by atoms with Gasteiger partial charge in [-0.15, -0.1) is 0 Å². The molecular formula is C9H12N2O4. The molecule has 0 aliphatic carbocycles. The van der Waals surface area contributed by atoms with Crippen molar-refractivity contribution in [3.05, 3.63) is 12.2 Å². The molecule has 15 heavy (non-hydrogen) atoms. The quantitative estimate of drug-likeness (QED) is 0.671. The van der Waals surface area contributed by atoms with Gasteiger partial charge in [-0.3, -0.25) is 0 Å². The smallest absolute Gasteiger partial charge is 0.367 e. The van der Waals surface area contributed by atoms with Gasteiger partial charge in [0.2, 0.25) is 0 Å². The number of hydrogen-bond acceptors (Lipinski definition) is 3. The lowest BCUT2D eigenvalue weighted by atomic mass is 10.3. The number of carbonyl (C=O) groups excluding carboxylic acids is 1. The summed E-state index contributed by atoms with van der Waals surface area (Å²) in [7, 11) is 0. The number of aliphatic hydroxyl groups excluding tert-OH is 1. The molecule has 0 aromatic carbocycles. The van der Waals surface area contributed by atoms with Gasteiger partial charge in [0.25, 0.3) is 0 Å². The fourth-order valence-electron chi connectivity index (χ4n) is 0.545. The summed E-state index contributed by atoms with van der Waals surface area (Å²) in [4.78, 5) is 26.7. The maximum atomic E-state index is 10.3. The van der Waals surface area contributed by atoms with Crippen LogP contribution in [0.5, 0.6) is 0 Å². The number of carboxylic acid groups (broad SMARTS) is 1. The number of carboxylic acids is 1. The van der Waals surface area contributed by atoms with Crippen LogP contribution in [-0.2, 0) is 4.79 Å². The molecule has 0 radical (unpaired) electrons.